The standard InChI is InChI=1S/C9H14ClIN2/c1-7(2)4-3-5-13-6-8(10)9(11)12-13/h6-7H,3-5H2,1-2H3. The van der Waals surface area contributed by atoms with Gasteiger partial charge < -0.3 is 0 Å². The second-order valence-corrected chi connectivity index (χ2v) is 5.00. The number of hydrogen-bond donors (Lipinski definition) is 0. The van der Waals surface area contributed by atoms with Crippen LogP contribution < -0.4 is 0 Å². The second kappa shape index (κ2) is 5.20. The highest BCUT2D eigenvalue weighted by Gasteiger charge is 2.02. The van der Waals surface area contributed by atoms with Crippen molar-refractivity contribution in [1.82, 2.24) is 9.78 Å². The molecule has 0 spiro atoms. The van der Waals surface area contributed by atoms with Gasteiger partial charge in [-0.2, -0.15) is 5.10 Å². The van der Waals surface area contributed by atoms with Crippen LogP contribution in [0.15, 0.2) is 6.20 Å². The largest absolute Gasteiger partial charge is 0.270 e. The molecule has 1 aromatic rings. The third kappa shape index (κ3) is 3.85. The molecule has 0 saturated heterocycles. The molecule has 74 valence electrons. The fraction of sp³-hybridized carbons (Fsp3) is 0.667. The van der Waals surface area contributed by atoms with Gasteiger partial charge in [-0.1, -0.05) is 25.4 Å². The molecule has 0 unspecified atom stereocenters. The van der Waals surface area contributed by atoms with Crippen molar-refractivity contribution in [3.63, 3.8) is 0 Å². The van der Waals surface area contributed by atoms with Crippen LogP contribution in [0.5, 0.6) is 0 Å². The summed E-state index contributed by atoms with van der Waals surface area (Å²) < 4.78 is 2.82. The number of hydrogen-bond acceptors (Lipinski definition) is 1. The SMILES string of the molecule is CC(C)CCCn1cc(Cl)c(I)n1. The van der Waals surface area contributed by atoms with Gasteiger partial charge in [-0.05, 0) is 41.4 Å². The summed E-state index contributed by atoms with van der Waals surface area (Å²) in [5.41, 5.74) is 0. The molecule has 0 N–H and O–H groups in total. The molecule has 0 atom stereocenters. The Bertz CT molecular complexity index is 251. The summed E-state index contributed by atoms with van der Waals surface area (Å²) in [6, 6.07) is 0. The van der Waals surface area contributed by atoms with E-state index < -0.39 is 0 Å². The molecule has 4 heteroatoms. The van der Waals surface area contributed by atoms with Crippen LogP contribution in [0.3, 0.4) is 0 Å². The van der Waals surface area contributed by atoms with Crippen LogP contribution in [-0.4, -0.2) is 9.78 Å². The Morgan fingerprint density at radius 1 is 1.62 bits per heavy atom. The maximum absolute atomic E-state index is 5.88. The lowest BCUT2D eigenvalue weighted by atomic mass is 10.1. The molecule has 0 amide bonds. The minimum absolute atomic E-state index is 0.755. The summed E-state index contributed by atoms with van der Waals surface area (Å²) in [5.74, 6) is 0.769. The smallest absolute Gasteiger partial charge is 0.141 e. The summed E-state index contributed by atoms with van der Waals surface area (Å²) >= 11 is 8.03. The van der Waals surface area contributed by atoms with E-state index in [-0.39, 0.29) is 0 Å². The van der Waals surface area contributed by atoms with Crippen molar-refractivity contribution < 1.29 is 0 Å². The molecule has 0 radical (unpaired) electrons. The number of nitrogens with zero attached hydrogens (tertiary/aromatic N) is 2. The van der Waals surface area contributed by atoms with Gasteiger partial charge in [-0.3, -0.25) is 4.68 Å². The summed E-state index contributed by atoms with van der Waals surface area (Å²) in [5, 5.41) is 5.03. The van der Waals surface area contributed by atoms with Crippen LogP contribution >= 0.6 is 34.2 Å². The van der Waals surface area contributed by atoms with Crippen LogP contribution in [0.25, 0.3) is 0 Å². The monoisotopic (exact) mass is 312 g/mol. The van der Waals surface area contributed by atoms with E-state index in [4.69, 9.17) is 11.6 Å². The highest BCUT2D eigenvalue weighted by molar-refractivity contribution is 14.1. The average Bonchev–Trinajstić information content (AvgIpc) is 2.30. The van der Waals surface area contributed by atoms with Crippen molar-refractivity contribution in [3.8, 4) is 0 Å². The van der Waals surface area contributed by atoms with Crippen LogP contribution in [-0.2, 0) is 6.54 Å². The van der Waals surface area contributed by atoms with Gasteiger partial charge in [-0.15, -0.1) is 0 Å². The fourth-order valence-electron chi connectivity index (χ4n) is 1.15. The topological polar surface area (TPSA) is 17.8 Å². The maximum Gasteiger partial charge on any atom is 0.141 e. The molecule has 0 aromatic carbocycles. The fourth-order valence-corrected chi connectivity index (χ4v) is 1.72. The minimum atomic E-state index is 0.755. The summed E-state index contributed by atoms with van der Waals surface area (Å²) in [4.78, 5) is 0. The Morgan fingerprint density at radius 2 is 2.31 bits per heavy atom. The Kier molecular flexibility index (Phi) is 4.52. The van der Waals surface area contributed by atoms with Crippen molar-refractivity contribution in [3.05, 3.63) is 14.9 Å². The Labute approximate surface area is 97.8 Å². The van der Waals surface area contributed by atoms with Crippen molar-refractivity contribution in [2.75, 3.05) is 0 Å². The summed E-state index contributed by atoms with van der Waals surface area (Å²) in [6.07, 6.45) is 4.31. The van der Waals surface area contributed by atoms with E-state index >= 15 is 0 Å². The lowest BCUT2D eigenvalue weighted by molar-refractivity contribution is 0.489. The zero-order valence-electron chi connectivity index (χ0n) is 7.93. The first-order valence-electron chi connectivity index (χ1n) is 4.48. The molecule has 0 aliphatic heterocycles. The van der Waals surface area contributed by atoms with E-state index in [9.17, 15) is 0 Å². The van der Waals surface area contributed by atoms with Gasteiger partial charge >= 0.3 is 0 Å². The van der Waals surface area contributed by atoms with Crippen LogP contribution in [0.2, 0.25) is 5.02 Å². The summed E-state index contributed by atoms with van der Waals surface area (Å²) in [7, 11) is 0. The number of rotatable bonds is 4. The lowest BCUT2D eigenvalue weighted by Gasteiger charge is -2.03. The molecular weight excluding hydrogens is 298 g/mol. The Balaban J connectivity index is 2.37. The Hall–Kier alpha value is 0.230. The summed E-state index contributed by atoms with van der Waals surface area (Å²) in [6.45, 7) is 5.44. The minimum Gasteiger partial charge on any atom is -0.270 e. The van der Waals surface area contributed by atoms with E-state index in [0.717, 1.165) is 21.2 Å². The molecule has 1 rings (SSSR count). The number of halogens is 2. The molecule has 1 aromatic heterocycles. The third-order valence-corrected chi connectivity index (χ3v) is 3.24. The molecule has 0 fully saturated rings. The van der Waals surface area contributed by atoms with Crippen molar-refractivity contribution >= 4 is 34.2 Å². The number of aryl methyl sites for hydroxylation is 1. The first-order valence-corrected chi connectivity index (χ1v) is 5.93. The molecular formula is C9H14ClIN2. The lowest BCUT2D eigenvalue weighted by Crippen LogP contribution is -2.00. The van der Waals surface area contributed by atoms with E-state index in [1.54, 1.807) is 0 Å². The van der Waals surface area contributed by atoms with Gasteiger partial charge in [0.15, 0.2) is 0 Å². The van der Waals surface area contributed by atoms with E-state index in [1.165, 1.54) is 12.8 Å². The zero-order chi connectivity index (χ0) is 9.84. The van der Waals surface area contributed by atoms with Gasteiger partial charge in [0.1, 0.15) is 3.70 Å². The van der Waals surface area contributed by atoms with Crippen molar-refractivity contribution in [1.29, 1.82) is 0 Å². The zero-order valence-corrected chi connectivity index (χ0v) is 10.8. The molecule has 0 bridgehead atoms. The highest BCUT2D eigenvalue weighted by atomic mass is 127. The predicted octanol–water partition coefficient (Wildman–Crippen LogP) is 3.58. The molecule has 0 aliphatic rings. The molecule has 13 heavy (non-hydrogen) atoms. The normalized spacial score (nSPS) is 11.2. The van der Waals surface area contributed by atoms with Crippen LogP contribution in [0.1, 0.15) is 26.7 Å². The Morgan fingerprint density at radius 3 is 2.77 bits per heavy atom. The van der Waals surface area contributed by atoms with Gasteiger partial charge in [0.2, 0.25) is 0 Å². The van der Waals surface area contributed by atoms with E-state index in [1.807, 2.05) is 10.9 Å². The van der Waals surface area contributed by atoms with Gasteiger partial charge in [0, 0.05) is 12.7 Å². The first-order chi connectivity index (χ1) is 6.09. The molecule has 1 heterocycles. The maximum atomic E-state index is 5.88. The molecule has 2 nitrogen and oxygen atoms in total. The van der Waals surface area contributed by atoms with Crippen LogP contribution in [0.4, 0.5) is 0 Å². The molecule has 0 aliphatic carbocycles. The highest BCUT2D eigenvalue weighted by Crippen LogP contribution is 2.16. The van der Waals surface area contributed by atoms with Gasteiger partial charge in [0.05, 0.1) is 5.02 Å². The average molecular weight is 313 g/mol. The second-order valence-electron chi connectivity index (χ2n) is 3.57. The first kappa shape index (κ1) is 11.3. The third-order valence-electron chi connectivity index (χ3n) is 1.84. The van der Waals surface area contributed by atoms with Crippen LogP contribution in [0, 0.1) is 9.62 Å². The van der Waals surface area contributed by atoms with E-state index in [0.29, 0.717) is 0 Å². The molecule has 0 saturated carbocycles. The van der Waals surface area contributed by atoms with Crippen molar-refractivity contribution in [2.45, 2.75) is 33.2 Å². The van der Waals surface area contributed by atoms with E-state index in [2.05, 4.69) is 41.5 Å². The van der Waals surface area contributed by atoms with Crippen molar-refractivity contribution in [2.24, 2.45) is 5.92 Å². The van der Waals surface area contributed by atoms with Gasteiger partial charge in [-0.25, -0.2) is 0 Å². The predicted molar refractivity (Wildman–Crippen MR) is 64.0 cm³/mol. The van der Waals surface area contributed by atoms with Gasteiger partial charge in [0.25, 0.3) is 0 Å². The quantitative estimate of drug-likeness (QED) is 0.777. The number of aromatic nitrogens is 2.